The fourth-order valence-electron chi connectivity index (χ4n) is 1.28. The molecule has 0 unspecified atom stereocenters. The van der Waals surface area contributed by atoms with Gasteiger partial charge in [-0.05, 0) is 18.2 Å². The molecular formula is C9H9ClO3. The summed E-state index contributed by atoms with van der Waals surface area (Å²) in [5, 5.41) is 9.74. The highest BCUT2D eigenvalue weighted by Crippen LogP contribution is 2.28. The lowest BCUT2D eigenvalue weighted by atomic mass is 10.2. The minimum Gasteiger partial charge on any atom is -0.508 e. The van der Waals surface area contributed by atoms with Gasteiger partial charge >= 0.3 is 0 Å². The number of hydrogen-bond acceptors (Lipinski definition) is 3. The quantitative estimate of drug-likeness (QED) is 0.755. The van der Waals surface area contributed by atoms with E-state index in [1.165, 1.54) is 6.07 Å². The van der Waals surface area contributed by atoms with Crippen LogP contribution < -0.4 is 0 Å². The maximum absolute atomic E-state index is 9.26. The Bertz CT molecular complexity index is 287. The lowest BCUT2D eigenvalue weighted by Crippen LogP contribution is -1.97. The van der Waals surface area contributed by atoms with Crippen LogP contribution in [0.25, 0.3) is 0 Å². The van der Waals surface area contributed by atoms with Crippen molar-refractivity contribution in [2.75, 3.05) is 13.2 Å². The zero-order valence-electron chi connectivity index (χ0n) is 6.87. The minimum absolute atomic E-state index is 0.126. The van der Waals surface area contributed by atoms with Crippen LogP contribution in [0.4, 0.5) is 0 Å². The number of ether oxygens (including phenoxy) is 2. The summed E-state index contributed by atoms with van der Waals surface area (Å²) in [7, 11) is 0. The fraction of sp³-hybridized carbons (Fsp3) is 0.333. The number of rotatable bonds is 1. The Morgan fingerprint density at radius 3 is 2.54 bits per heavy atom. The van der Waals surface area contributed by atoms with Crippen molar-refractivity contribution in [2.24, 2.45) is 0 Å². The van der Waals surface area contributed by atoms with Gasteiger partial charge in [-0.2, -0.15) is 0 Å². The second-order valence-electron chi connectivity index (χ2n) is 2.82. The molecule has 2 rings (SSSR count). The molecule has 1 heterocycles. The largest absolute Gasteiger partial charge is 0.508 e. The highest BCUT2D eigenvalue weighted by atomic mass is 35.5. The number of halogens is 1. The van der Waals surface area contributed by atoms with Gasteiger partial charge in [-0.15, -0.1) is 0 Å². The third kappa shape index (κ3) is 1.94. The van der Waals surface area contributed by atoms with Gasteiger partial charge in [-0.3, -0.25) is 0 Å². The van der Waals surface area contributed by atoms with Gasteiger partial charge in [0, 0.05) is 10.6 Å². The standard InChI is InChI=1S/C9H9ClO3/c10-7-3-6(4-8(11)5-7)9-12-1-2-13-9/h3-5,9,11H,1-2H2. The normalized spacial score (nSPS) is 17.9. The highest BCUT2D eigenvalue weighted by Gasteiger charge is 2.18. The Morgan fingerprint density at radius 2 is 1.92 bits per heavy atom. The molecule has 0 amide bonds. The third-order valence-electron chi connectivity index (χ3n) is 1.80. The topological polar surface area (TPSA) is 38.7 Å². The first kappa shape index (κ1) is 8.81. The number of aromatic hydroxyl groups is 1. The summed E-state index contributed by atoms with van der Waals surface area (Å²) in [6, 6.07) is 4.78. The van der Waals surface area contributed by atoms with Crippen LogP contribution in [0.5, 0.6) is 5.75 Å². The molecule has 1 aliphatic rings. The highest BCUT2D eigenvalue weighted by molar-refractivity contribution is 6.30. The van der Waals surface area contributed by atoms with Crippen LogP contribution in [0.2, 0.25) is 5.02 Å². The lowest BCUT2D eigenvalue weighted by molar-refractivity contribution is -0.0442. The van der Waals surface area contributed by atoms with Crippen molar-refractivity contribution >= 4 is 11.6 Å². The van der Waals surface area contributed by atoms with E-state index in [0.717, 1.165) is 5.56 Å². The number of hydrogen-bond donors (Lipinski definition) is 1. The molecule has 0 spiro atoms. The summed E-state index contributed by atoms with van der Waals surface area (Å²) in [6.07, 6.45) is -0.385. The van der Waals surface area contributed by atoms with E-state index in [0.29, 0.717) is 18.2 Å². The summed E-state index contributed by atoms with van der Waals surface area (Å²) in [4.78, 5) is 0. The molecule has 1 N–H and O–H groups in total. The molecule has 1 aromatic carbocycles. The first-order valence-electron chi connectivity index (χ1n) is 3.98. The van der Waals surface area contributed by atoms with Crippen molar-refractivity contribution < 1.29 is 14.6 Å². The van der Waals surface area contributed by atoms with Crippen LogP contribution in [-0.2, 0) is 9.47 Å². The average Bonchev–Trinajstić information content (AvgIpc) is 2.53. The van der Waals surface area contributed by atoms with E-state index in [1.807, 2.05) is 0 Å². The molecule has 0 aliphatic carbocycles. The first-order valence-corrected chi connectivity index (χ1v) is 4.36. The molecular weight excluding hydrogens is 192 g/mol. The van der Waals surface area contributed by atoms with Crippen LogP contribution in [0.1, 0.15) is 11.9 Å². The summed E-state index contributed by atoms with van der Waals surface area (Å²) >= 11 is 5.76. The van der Waals surface area contributed by atoms with Crippen molar-refractivity contribution in [1.82, 2.24) is 0 Å². The second kappa shape index (κ2) is 3.54. The smallest absolute Gasteiger partial charge is 0.184 e. The molecule has 1 aromatic rings. The van der Waals surface area contributed by atoms with Gasteiger partial charge in [0.2, 0.25) is 0 Å². The van der Waals surface area contributed by atoms with Crippen LogP contribution in [0, 0.1) is 0 Å². The molecule has 0 atom stereocenters. The summed E-state index contributed by atoms with van der Waals surface area (Å²) in [6.45, 7) is 1.16. The van der Waals surface area contributed by atoms with E-state index in [2.05, 4.69) is 0 Å². The average molecular weight is 201 g/mol. The maximum atomic E-state index is 9.26. The van der Waals surface area contributed by atoms with Crippen molar-refractivity contribution in [2.45, 2.75) is 6.29 Å². The Kier molecular flexibility index (Phi) is 2.40. The predicted molar refractivity (Wildman–Crippen MR) is 47.8 cm³/mol. The molecule has 0 saturated carbocycles. The van der Waals surface area contributed by atoms with E-state index >= 15 is 0 Å². The first-order chi connectivity index (χ1) is 6.25. The van der Waals surface area contributed by atoms with Gasteiger partial charge in [0.25, 0.3) is 0 Å². The molecule has 4 heteroatoms. The molecule has 13 heavy (non-hydrogen) atoms. The van der Waals surface area contributed by atoms with Crippen LogP contribution in [-0.4, -0.2) is 18.3 Å². The van der Waals surface area contributed by atoms with Gasteiger partial charge < -0.3 is 14.6 Å². The number of benzene rings is 1. The molecule has 1 saturated heterocycles. The summed E-state index contributed by atoms with van der Waals surface area (Å²) < 4.78 is 10.5. The molecule has 0 radical (unpaired) electrons. The van der Waals surface area contributed by atoms with Crippen LogP contribution in [0.3, 0.4) is 0 Å². The van der Waals surface area contributed by atoms with Gasteiger partial charge in [0.1, 0.15) is 5.75 Å². The molecule has 0 bridgehead atoms. The Morgan fingerprint density at radius 1 is 1.23 bits per heavy atom. The fourth-order valence-corrected chi connectivity index (χ4v) is 1.52. The van der Waals surface area contributed by atoms with E-state index in [9.17, 15) is 5.11 Å². The zero-order chi connectivity index (χ0) is 9.26. The minimum atomic E-state index is -0.385. The third-order valence-corrected chi connectivity index (χ3v) is 2.02. The van der Waals surface area contributed by atoms with Gasteiger partial charge in [-0.1, -0.05) is 11.6 Å². The summed E-state index contributed by atoms with van der Waals surface area (Å²) in [5.74, 6) is 0.126. The van der Waals surface area contributed by atoms with E-state index in [4.69, 9.17) is 21.1 Å². The lowest BCUT2D eigenvalue weighted by Gasteiger charge is -2.09. The Labute approximate surface area is 80.8 Å². The van der Waals surface area contributed by atoms with Gasteiger partial charge in [-0.25, -0.2) is 0 Å². The molecule has 1 fully saturated rings. The van der Waals surface area contributed by atoms with Crippen molar-refractivity contribution in [3.8, 4) is 5.75 Å². The van der Waals surface area contributed by atoms with E-state index < -0.39 is 0 Å². The SMILES string of the molecule is Oc1cc(Cl)cc(C2OCCO2)c1. The zero-order valence-corrected chi connectivity index (χ0v) is 7.62. The molecule has 70 valence electrons. The molecule has 1 aliphatic heterocycles. The van der Waals surface area contributed by atoms with Gasteiger partial charge in [0.15, 0.2) is 6.29 Å². The monoisotopic (exact) mass is 200 g/mol. The van der Waals surface area contributed by atoms with Crippen molar-refractivity contribution in [3.05, 3.63) is 28.8 Å². The van der Waals surface area contributed by atoms with Crippen LogP contribution in [0.15, 0.2) is 18.2 Å². The molecule has 0 aromatic heterocycles. The Balaban J connectivity index is 2.28. The second-order valence-corrected chi connectivity index (χ2v) is 3.25. The van der Waals surface area contributed by atoms with Crippen molar-refractivity contribution in [3.63, 3.8) is 0 Å². The maximum Gasteiger partial charge on any atom is 0.184 e. The van der Waals surface area contributed by atoms with Gasteiger partial charge in [0.05, 0.1) is 13.2 Å². The van der Waals surface area contributed by atoms with E-state index in [1.54, 1.807) is 12.1 Å². The Hall–Kier alpha value is -0.770. The van der Waals surface area contributed by atoms with Crippen LogP contribution >= 0.6 is 11.6 Å². The summed E-state index contributed by atoms with van der Waals surface area (Å²) in [5.41, 5.74) is 0.752. The number of phenols is 1. The predicted octanol–water partition coefficient (Wildman–Crippen LogP) is 2.09. The van der Waals surface area contributed by atoms with E-state index in [-0.39, 0.29) is 12.0 Å². The molecule has 3 nitrogen and oxygen atoms in total. The number of phenolic OH excluding ortho intramolecular Hbond substituents is 1. The van der Waals surface area contributed by atoms with Crippen molar-refractivity contribution in [1.29, 1.82) is 0 Å².